The van der Waals surface area contributed by atoms with Gasteiger partial charge in [-0.15, -0.1) is 0 Å². The van der Waals surface area contributed by atoms with Crippen molar-refractivity contribution in [1.82, 2.24) is 0 Å². The highest BCUT2D eigenvalue weighted by Gasteiger charge is 2.52. The van der Waals surface area contributed by atoms with Gasteiger partial charge in [0.15, 0.2) is 6.10 Å². The highest BCUT2D eigenvalue weighted by molar-refractivity contribution is 5.69. The minimum absolute atomic E-state index is 0. The minimum atomic E-state index is 0. The van der Waals surface area contributed by atoms with Gasteiger partial charge in [-0.05, 0) is 37.1 Å². The van der Waals surface area contributed by atoms with Gasteiger partial charge in [-0.3, -0.25) is 0 Å². The lowest BCUT2D eigenvalue weighted by Gasteiger charge is -2.32. The van der Waals surface area contributed by atoms with Gasteiger partial charge in [-0.2, -0.15) is 0 Å². The fourth-order valence-corrected chi connectivity index (χ4v) is 3.22. The van der Waals surface area contributed by atoms with Crippen molar-refractivity contribution in [2.75, 3.05) is 20.1 Å². The molecular formula is C22H28INO. The van der Waals surface area contributed by atoms with Crippen LogP contribution in [0.1, 0.15) is 31.4 Å². The minimum Gasteiger partial charge on any atom is -1.00 e. The van der Waals surface area contributed by atoms with Crippen molar-refractivity contribution in [1.29, 1.82) is 0 Å². The monoisotopic (exact) mass is 449 g/mol. The number of benzene rings is 2. The van der Waals surface area contributed by atoms with Crippen molar-refractivity contribution in [3.8, 4) is 5.75 Å². The molecule has 0 N–H and O–H groups in total. The average Bonchev–Trinajstić information content (AvgIpc) is 3.41. The highest BCUT2D eigenvalue weighted by atomic mass is 127. The van der Waals surface area contributed by atoms with Gasteiger partial charge in [0, 0.05) is 6.42 Å². The molecule has 25 heavy (non-hydrogen) atoms. The molecule has 1 aliphatic carbocycles. The molecule has 1 aliphatic rings. The fraction of sp³-hybridized carbons (Fsp3) is 0.364. The van der Waals surface area contributed by atoms with Crippen LogP contribution in [0.4, 0.5) is 0 Å². The summed E-state index contributed by atoms with van der Waals surface area (Å²) in [5.74, 6) is 0.984. The van der Waals surface area contributed by atoms with Crippen LogP contribution in [0.5, 0.6) is 5.75 Å². The largest absolute Gasteiger partial charge is 1.00 e. The number of quaternary nitrogens is 1. The van der Waals surface area contributed by atoms with Crippen molar-refractivity contribution < 1.29 is 33.2 Å². The number of halogens is 1. The third-order valence-electron chi connectivity index (χ3n) is 5.38. The molecule has 0 saturated heterocycles. The molecule has 2 aromatic carbocycles. The Bertz CT molecular complexity index is 677. The maximum Gasteiger partial charge on any atom is 0.156 e. The van der Waals surface area contributed by atoms with E-state index >= 15 is 0 Å². The SMILES string of the molecule is CC[N+](C)(CC)[C@H]1C[C@H]1Oc1ccc(/C=C/c2ccccc2)cc1.[I-]. The normalized spacial score (nSPS) is 19.5. The molecule has 0 spiro atoms. The zero-order valence-electron chi connectivity index (χ0n) is 15.4. The Morgan fingerprint density at radius 3 is 2.04 bits per heavy atom. The summed E-state index contributed by atoms with van der Waals surface area (Å²) in [5.41, 5.74) is 2.41. The highest BCUT2D eigenvalue weighted by Crippen LogP contribution is 2.36. The quantitative estimate of drug-likeness (QED) is 0.357. The van der Waals surface area contributed by atoms with E-state index in [1.807, 2.05) is 6.07 Å². The van der Waals surface area contributed by atoms with Crippen molar-refractivity contribution in [3.63, 3.8) is 0 Å². The first kappa shape index (κ1) is 20.0. The number of hydrogen-bond acceptors (Lipinski definition) is 1. The summed E-state index contributed by atoms with van der Waals surface area (Å²) in [5, 5.41) is 0. The van der Waals surface area contributed by atoms with Gasteiger partial charge in [0.05, 0.1) is 20.1 Å². The van der Waals surface area contributed by atoms with Crippen LogP contribution in [-0.4, -0.2) is 36.8 Å². The Hall–Kier alpha value is -1.33. The fourth-order valence-electron chi connectivity index (χ4n) is 3.22. The van der Waals surface area contributed by atoms with Crippen molar-refractivity contribution in [2.24, 2.45) is 0 Å². The van der Waals surface area contributed by atoms with E-state index < -0.39 is 0 Å². The predicted octanol–water partition coefficient (Wildman–Crippen LogP) is 1.87. The molecule has 1 fully saturated rings. The van der Waals surface area contributed by atoms with Gasteiger partial charge >= 0.3 is 0 Å². The van der Waals surface area contributed by atoms with Crippen LogP contribution in [0.3, 0.4) is 0 Å². The molecule has 2 aromatic rings. The van der Waals surface area contributed by atoms with Gasteiger partial charge in [0.1, 0.15) is 11.8 Å². The lowest BCUT2D eigenvalue weighted by molar-refractivity contribution is -0.917. The molecule has 3 heteroatoms. The first-order valence-corrected chi connectivity index (χ1v) is 8.98. The third kappa shape index (κ3) is 5.08. The van der Waals surface area contributed by atoms with E-state index in [4.69, 9.17) is 4.74 Å². The second kappa shape index (κ2) is 8.86. The molecule has 0 radical (unpaired) electrons. The standard InChI is InChI=1S/C22H28NO.HI/c1-4-23(3,5-2)21-17-22(21)24-20-15-13-19(14-16-20)12-11-18-9-7-6-8-10-18;/h6-16,21-22H,4-5,17H2,1-3H3;1H/q+1;/p-1/b12-11+;/t21-,22+;/m0./s1. The van der Waals surface area contributed by atoms with E-state index in [0.717, 1.165) is 10.2 Å². The van der Waals surface area contributed by atoms with Crippen LogP contribution in [0, 0.1) is 0 Å². The van der Waals surface area contributed by atoms with Crippen molar-refractivity contribution in [3.05, 3.63) is 65.7 Å². The molecule has 134 valence electrons. The maximum absolute atomic E-state index is 6.17. The Morgan fingerprint density at radius 1 is 0.920 bits per heavy atom. The summed E-state index contributed by atoms with van der Waals surface area (Å²) in [6, 6.07) is 19.4. The maximum atomic E-state index is 6.17. The Labute approximate surface area is 169 Å². The summed E-state index contributed by atoms with van der Waals surface area (Å²) in [4.78, 5) is 0. The van der Waals surface area contributed by atoms with Crippen LogP contribution < -0.4 is 28.7 Å². The lowest BCUT2D eigenvalue weighted by atomic mass is 10.1. The van der Waals surface area contributed by atoms with E-state index in [1.54, 1.807) is 0 Å². The molecule has 1 saturated carbocycles. The van der Waals surface area contributed by atoms with Crippen molar-refractivity contribution in [2.45, 2.75) is 32.4 Å². The second-order valence-corrected chi connectivity index (χ2v) is 6.88. The molecule has 0 aliphatic heterocycles. The molecule has 0 aromatic heterocycles. The van der Waals surface area contributed by atoms with E-state index in [0.29, 0.717) is 12.1 Å². The first-order chi connectivity index (χ1) is 11.6. The number of ether oxygens (including phenoxy) is 1. The van der Waals surface area contributed by atoms with Gasteiger partial charge in [-0.1, -0.05) is 54.6 Å². The molecule has 3 rings (SSSR count). The average molecular weight is 449 g/mol. The Kier molecular flexibility index (Phi) is 7.08. The van der Waals surface area contributed by atoms with Gasteiger partial charge in [-0.25, -0.2) is 0 Å². The van der Waals surface area contributed by atoms with Crippen LogP contribution in [0.2, 0.25) is 0 Å². The van der Waals surface area contributed by atoms with E-state index in [2.05, 4.69) is 81.6 Å². The summed E-state index contributed by atoms with van der Waals surface area (Å²) < 4.78 is 7.28. The van der Waals surface area contributed by atoms with Gasteiger partial charge in [0.25, 0.3) is 0 Å². The molecular weight excluding hydrogens is 421 g/mol. The first-order valence-electron chi connectivity index (χ1n) is 8.98. The smallest absolute Gasteiger partial charge is 0.156 e. The predicted molar refractivity (Wildman–Crippen MR) is 102 cm³/mol. The summed E-state index contributed by atoms with van der Waals surface area (Å²) in [7, 11) is 2.34. The molecule has 2 atom stereocenters. The zero-order valence-corrected chi connectivity index (χ0v) is 17.5. The summed E-state index contributed by atoms with van der Waals surface area (Å²) >= 11 is 0. The topological polar surface area (TPSA) is 9.23 Å². The number of likely N-dealkylation sites (N-methyl/N-ethyl adjacent to an activating group) is 1. The summed E-state index contributed by atoms with van der Waals surface area (Å²) in [6.07, 6.45) is 5.83. The van der Waals surface area contributed by atoms with E-state index in [-0.39, 0.29) is 24.0 Å². The van der Waals surface area contributed by atoms with Gasteiger partial charge < -0.3 is 33.2 Å². The van der Waals surface area contributed by atoms with E-state index in [9.17, 15) is 0 Å². The zero-order chi connectivity index (χ0) is 17.0. The van der Waals surface area contributed by atoms with Gasteiger partial charge in [0.2, 0.25) is 0 Å². The lowest BCUT2D eigenvalue weighted by Crippen LogP contribution is -3.00. The third-order valence-corrected chi connectivity index (χ3v) is 5.38. The molecule has 0 bridgehead atoms. The summed E-state index contributed by atoms with van der Waals surface area (Å²) in [6.45, 7) is 6.88. The van der Waals surface area contributed by atoms with Crippen LogP contribution >= 0.6 is 0 Å². The number of rotatable bonds is 7. The van der Waals surface area contributed by atoms with Crippen LogP contribution in [-0.2, 0) is 0 Å². The molecule has 0 amide bonds. The molecule has 0 unspecified atom stereocenters. The molecule has 2 nitrogen and oxygen atoms in total. The van der Waals surface area contributed by atoms with Crippen LogP contribution in [0.25, 0.3) is 12.2 Å². The van der Waals surface area contributed by atoms with Crippen LogP contribution in [0.15, 0.2) is 54.6 Å². The number of nitrogens with zero attached hydrogens (tertiary/aromatic N) is 1. The van der Waals surface area contributed by atoms with Crippen molar-refractivity contribution >= 4 is 12.2 Å². The van der Waals surface area contributed by atoms with E-state index in [1.165, 1.54) is 30.6 Å². The Balaban J connectivity index is 0.00000225. The molecule has 0 heterocycles. The second-order valence-electron chi connectivity index (χ2n) is 6.88. The number of hydrogen-bond donors (Lipinski definition) is 0. The Morgan fingerprint density at radius 2 is 1.48 bits per heavy atom.